The van der Waals surface area contributed by atoms with Gasteiger partial charge in [-0.2, -0.15) is 5.10 Å². The van der Waals surface area contributed by atoms with Gasteiger partial charge in [0.2, 0.25) is 0 Å². The standard InChI is InChI=1S/C16H20N4O/c1-12-10-18-19-15(12)9-13-3-2-8-20(11-13)16(21)14-4-6-17-7-5-14/h4-7,10,13H,2-3,8-9,11H2,1H3,(H,18,19). The number of rotatable bonds is 3. The Labute approximate surface area is 124 Å². The van der Waals surface area contributed by atoms with Crippen LogP contribution in [0.3, 0.4) is 0 Å². The molecule has 1 fully saturated rings. The molecule has 1 N–H and O–H groups in total. The van der Waals surface area contributed by atoms with Crippen LogP contribution in [-0.2, 0) is 6.42 Å². The predicted molar refractivity (Wildman–Crippen MR) is 79.9 cm³/mol. The summed E-state index contributed by atoms with van der Waals surface area (Å²) in [5.41, 5.74) is 3.12. The average Bonchev–Trinajstić information content (AvgIpc) is 2.93. The number of likely N-dealkylation sites (tertiary alicyclic amines) is 1. The molecule has 2 aromatic rings. The van der Waals surface area contributed by atoms with Crippen molar-refractivity contribution >= 4 is 5.91 Å². The van der Waals surface area contributed by atoms with E-state index in [1.807, 2.05) is 11.1 Å². The third-order valence-electron chi connectivity index (χ3n) is 4.16. The molecule has 1 unspecified atom stereocenters. The molecule has 1 aliphatic heterocycles. The molecular weight excluding hydrogens is 264 g/mol. The van der Waals surface area contributed by atoms with Crippen molar-refractivity contribution in [2.45, 2.75) is 26.2 Å². The second-order valence-electron chi connectivity index (χ2n) is 5.73. The Balaban J connectivity index is 1.66. The van der Waals surface area contributed by atoms with Crippen LogP contribution < -0.4 is 0 Å². The SMILES string of the molecule is Cc1cn[nH]c1CC1CCCN(C(=O)c2ccncc2)C1. The molecule has 21 heavy (non-hydrogen) atoms. The molecule has 3 heterocycles. The maximum atomic E-state index is 12.5. The van der Waals surface area contributed by atoms with Gasteiger partial charge < -0.3 is 4.90 Å². The van der Waals surface area contributed by atoms with Crippen LogP contribution in [0, 0.1) is 12.8 Å². The number of aryl methyl sites for hydroxylation is 1. The Hall–Kier alpha value is -2.17. The molecule has 0 saturated carbocycles. The summed E-state index contributed by atoms with van der Waals surface area (Å²) < 4.78 is 0. The van der Waals surface area contributed by atoms with E-state index in [-0.39, 0.29) is 5.91 Å². The van der Waals surface area contributed by atoms with Crippen molar-refractivity contribution in [3.05, 3.63) is 47.5 Å². The highest BCUT2D eigenvalue weighted by Crippen LogP contribution is 2.22. The molecule has 1 saturated heterocycles. The molecule has 0 spiro atoms. The zero-order valence-corrected chi connectivity index (χ0v) is 12.2. The van der Waals surface area contributed by atoms with Crippen LogP contribution in [0.1, 0.15) is 34.5 Å². The molecule has 1 amide bonds. The summed E-state index contributed by atoms with van der Waals surface area (Å²) in [6.45, 7) is 3.74. The van der Waals surface area contributed by atoms with E-state index < -0.39 is 0 Å². The maximum absolute atomic E-state index is 12.5. The highest BCUT2D eigenvalue weighted by molar-refractivity contribution is 5.94. The zero-order chi connectivity index (χ0) is 14.7. The number of pyridine rings is 1. The van der Waals surface area contributed by atoms with Crippen LogP contribution in [0.4, 0.5) is 0 Å². The van der Waals surface area contributed by atoms with Crippen molar-refractivity contribution in [1.29, 1.82) is 0 Å². The molecule has 1 atom stereocenters. The fraction of sp³-hybridized carbons (Fsp3) is 0.438. The molecule has 3 rings (SSSR count). The van der Waals surface area contributed by atoms with Crippen molar-refractivity contribution in [3.8, 4) is 0 Å². The first-order valence-corrected chi connectivity index (χ1v) is 7.42. The highest BCUT2D eigenvalue weighted by atomic mass is 16.2. The van der Waals surface area contributed by atoms with E-state index in [1.165, 1.54) is 17.7 Å². The van der Waals surface area contributed by atoms with Gasteiger partial charge in [-0.05, 0) is 49.8 Å². The van der Waals surface area contributed by atoms with Crippen LogP contribution in [0.2, 0.25) is 0 Å². The summed E-state index contributed by atoms with van der Waals surface area (Å²) in [4.78, 5) is 18.4. The van der Waals surface area contributed by atoms with E-state index in [1.54, 1.807) is 24.5 Å². The van der Waals surface area contributed by atoms with E-state index in [9.17, 15) is 4.79 Å². The second-order valence-corrected chi connectivity index (χ2v) is 5.73. The Morgan fingerprint density at radius 1 is 1.43 bits per heavy atom. The lowest BCUT2D eigenvalue weighted by Gasteiger charge is -2.32. The van der Waals surface area contributed by atoms with Crippen molar-refractivity contribution in [2.24, 2.45) is 5.92 Å². The summed E-state index contributed by atoms with van der Waals surface area (Å²) in [7, 11) is 0. The predicted octanol–water partition coefficient (Wildman–Crippen LogP) is 2.21. The van der Waals surface area contributed by atoms with Gasteiger partial charge >= 0.3 is 0 Å². The van der Waals surface area contributed by atoms with Crippen LogP contribution >= 0.6 is 0 Å². The number of carbonyl (C=O) groups is 1. The smallest absolute Gasteiger partial charge is 0.253 e. The summed E-state index contributed by atoms with van der Waals surface area (Å²) >= 11 is 0. The van der Waals surface area contributed by atoms with Crippen molar-refractivity contribution in [2.75, 3.05) is 13.1 Å². The molecule has 2 aromatic heterocycles. The third-order valence-corrected chi connectivity index (χ3v) is 4.16. The maximum Gasteiger partial charge on any atom is 0.253 e. The summed E-state index contributed by atoms with van der Waals surface area (Å²) in [6, 6.07) is 3.57. The summed E-state index contributed by atoms with van der Waals surface area (Å²) in [5, 5.41) is 7.14. The number of nitrogens with one attached hydrogen (secondary N) is 1. The lowest BCUT2D eigenvalue weighted by atomic mass is 9.92. The fourth-order valence-corrected chi connectivity index (χ4v) is 2.96. The molecule has 0 aliphatic carbocycles. The first-order chi connectivity index (χ1) is 10.2. The third kappa shape index (κ3) is 3.12. The van der Waals surface area contributed by atoms with Crippen LogP contribution in [0.15, 0.2) is 30.7 Å². The van der Waals surface area contributed by atoms with Crippen LogP contribution in [0.5, 0.6) is 0 Å². The minimum Gasteiger partial charge on any atom is -0.338 e. The number of piperidine rings is 1. The molecule has 0 bridgehead atoms. The first kappa shape index (κ1) is 13.8. The van der Waals surface area contributed by atoms with Crippen molar-refractivity contribution < 1.29 is 4.79 Å². The lowest BCUT2D eigenvalue weighted by molar-refractivity contribution is 0.0672. The zero-order valence-electron chi connectivity index (χ0n) is 12.2. The van der Waals surface area contributed by atoms with E-state index in [2.05, 4.69) is 22.1 Å². The second kappa shape index (κ2) is 6.08. The van der Waals surface area contributed by atoms with Crippen LogP contribution in [-0.4, -0.2) is 39.1 Å². The van der Waals surface area contributed by atoms with Crippen molar-refractivity contribution in [1.82, 2.24) is 20.1 Å². The minimum atomic E-state index is 0.114. The van der Waals surface area contributed by atoms with Gasteiger partial charge in [0.1, 0.15) is 0 Å². The molecule has 0 aromatic carbocycles. The average molecular weight is 284 g/mol. The molecule has 1 aliphatic rings. The van der Waals surface area contributed by atoms with Crippen molar-refractivity contribution in [3.63, 3.8) is 0 Å². The lowest BCUT2D eigenvalue weighted by Crippen LogP contribution is -2.40. The molecule has 110 valence electrons. The van der Waals surface area contributed by atoms with E-state index in [0.717, 1.165) is 31.5 Å². The van der Waals surface area contributed by atoms with Gasteiger partial charge in [0.25, 0.3) is 5.91 Å². The van der Waals surface area contributed by atoms with Crippen LogP contribution in [0.25, 0.3) is 0 Å². The Bertz CT molecular complexity index is 608. The van der Waals surface area contributed by atoms with Gasteiger partial charge in [-0.15, -0.1) is 0 Å². The number of nitrogens with zero attached hydrogens (tertiary/aromatic N) is 3. The Morgan fingerprint density at radius 3 is 2.95 bits per heavy atom. The van der Waals surface area contributed by atoms with Gasteiger partial charge in [0.15, 0.2) is 0 Å². The summed E-state index contributed by atoms with van der Waals surface area (Å²) in [5.74, 6) is 0.618. The fourth-order valence-electron chi connectivity index (χ4n) is 2.96. The highest BCUT2D eigenvalue weighted by Gasteiger charge is 2.25. The van der Waals surface area contributed by atoms with E-state index in [0.29, 0.717) is 5.92 Å². The van der Waals surface area contributed by atoms with E-state index >= 15 is 0 Å². The quantitative estimate of drug-likeness (QED) is 0.940. The van der Waals surface area contributed by atoms with Gasteiger partial charge in [0, 0.05) is 36.7 Å². The summed E-state index contributed by atoms with van der Waals surface area (Å²) in [6.07, 6.45) is 8.39. The number of hydrogen-bond donors (Lipinski definition) is 1. The first-order valence-electron chi connectivity index (χ1n) is 7.42. The Kier molecular flexibility index (Phi) is 3.99. The van der Waals surface area contributed by atoms with E-state index in [4.69, 9.17) is 0 Å². The molecular formula is C16H20N4O. The Morgan fingerprint density at radius 2 is 2.24 bits per heavy atom. The number of aromatic nitrogens is 3. The number of hydrogen-bond acceptors (Lipinski definition) is 3. The van der Waals surface area contributed by atoms with Gasteiger partial charge in [-0.25, -0.2) is 0 Å². The largest absolute Gasteiger partial charge is 0.338 e. The number of amides is 1. The normalized spacial score (nSPS) is 18.7. The van der Waals surface area contributed by atoms with Gasteiger partial charge in [-0.1, -0.05) is 0 Å². The topological polar surface area (TPSA) is 61.9 Å². The minimum absolute atomic E-state index is 0.114. The monoisotopic (exact) mass is 284 g/mol. The number of H-pyrrole nitrogens is 1. The molecule has 5 nitrogen and oxygen atoms in total. The molecule has 5 heteroatoms. The number of aromatic amines is 1. The van der Waals surface area contributed by atoms with Gasteiger partial charge in [-0.3, -0.25) is 14.9 Å². The molecule has 0 radical (unpaired) electrons. The van der Waals surface area contributed by atoms with Gasteiger partial charge in [0.05, 0.1) is 6.20 Å². The number of carbonyl (C=O) groups excluding carboxylic acids is 1.